The number of nitrogen functional groups attached to an aromatic ring is 1. The van der Waals surface area contributed by atoms with Gasteiger partial charge in [-0.05, 0) is 31.2 Å². The predicted molar refractivity (Wildman–Crippen MR) is 65.1 cm³/mol. The number of carbonyl (C=O) groups excluding carboxylic acids is 2. The van der Waals surface area contributed by atoms with Gasteiger partial charge in [0.2, 0.25) is 0 Å². The largest absolute Gasteiger partial charge is 0.384 e. The monoisotopic (exact) mass is 218 g/mol. The van der Waals surface area contributed by atoms with Gasteiger partial charge in [0.25, 0.3) is 0 Å². The van der Waals surface area contributed by atoms with Crippen molar-refractivity contribution >= 4 is 30.3 Å². The van der Waals surface area contributed by atoms with Crippen molar-refractivity contribution in [3.63, 3.8) is 0 Å². The van der Waals surface area contributed by atoms with Gasteiger partial charge >= 0.3 is 0 Å². The predicted octanol–water partition coefficient (Wildman–Crippen LogP) is 1.76. The zero-order chi connectivity index (χ0) is 12.6. The molecule has 0 radical (unpaired) electrons. The molecule has 1 heterocycles. The van der Waals surface area contributed by atoms with Crippen molar-refractivity contribution in [3.8, 4) is 0 Å². The lowest BCUT2D eigenvalue weighted by atomic mass is 10.1. The lowest BCUT2D eigenvalue weighted by molar-refractivity contribution is -0.0987. The van der Waals surface area contributed by atoms with E-state index in [9.17, 15) is 0 Å². The van der Waals surface area contributed by atoms with E-state index in [1.165, 1.54) is 5.56 Å². The number of nitrogens with zero attached hydrogens (tertiary/aromatic N) is 1. The highest BCUT2D eigenvalue weighted by atomic mass is 16.1. The molecule has 0 spiro atoms. The number of aromatic nitrogens is 1. The number of fused-ring (bicyclic) bond motifs is 1. The maximum Gasteiger partial charge on any atom is 0.124 e. The third-order valence-electron chi connectivity index (χ3n) is 1.87. The number of nitrogens with two attached hydrogens (primary N) is 1. The molecule has 0 atom stereocenters. The molecule has 4 heteroatoms. The van der Waals surface area contributed by atoms with Crippen molar-refractivity contribution in [2.75, 3.05) is 5.73 Å². The second-order valence-corrected chi connectivity index (χ2v) is 2.93. The minimum Gasteiger partial charge on any atom is -0.384 e. The van der Waals surface area contributed by atoms with E-state index >= 15 is 0 Å². The molecule has 16 heavy (non-hydrogen) atoms. The molecule has 1 aromatic carbocycles. The standard InChI is InChI=1S/C10H10N2.2CH2O/c1-7-2-4-9-8(6-7)3-5-10(11)12-9;2*1-2/h2-6H,1H3,(H2,11,12);2*1H2. The molecule has 0 bridgehead atoms. The van der Waals surface area contributed by atoms with E-state index in [4.69, 9.17) is 15.3 Å². The molecular formula is C12H14N2O2. The first kappa shape index (κ1) is 13.8. The van der Waals surface area contributed by atoms with Crippen LogP contribution in [0, 0.1) is 6.92 Å². The quantitative estimate of drug-likeness (QED) is 0.731. The van der Waals surface area contributed by atoms with Crippen LogP contribution in [0.1, 0.15) is 5.56 Å². The highest BCUT2D eigenvalue weighted by Crippen LogP contribution is 2.14. The summed E-state index contributed by atoms with van der Waals surface area (Å²) in [6, 6.07) is 9.93. The van der Waals surface area contributed by atoms with Crippen LogP contribution in [0.5, 0.6) is 0 Å². The maximum atomic E-state index is 8.00. The molecule has 1 aromatic heterocycles. The molecule has 2 N–H and O–H groups in total. The van der Waals surface area contributed by atoms with E-state index in [2.05, 4.69) is 18.0 Å². The molecule has 0 fully saturated rings. The van der Waals surface area contributed by atoms with Crippen molar-refractivity contribution in [1.29, 1.82) is 0 Å². The van der Waals surface area contributed by atoms with E-state index < -0.39 is 0 Å². The van der Waals surface area contributed by atoms with Gasteiger partial charge < -0.3 is 15.3 Å². The van der Waals surface area contributed by atoms with Crippen LogP contribution >= 0.6 is 0 Å². The molecule has 4 nitrogen and oxygen atoms in total. The van der Waals surface area contributed by atoms with E-state index in [0.29, 0.717) is 5.82 Å². The number of rotatable bonds is 0. The number of pyridine rings is 1. The summed E-state index contributed by atoms with van der Waals surface area (Å²) in [5.41, 5.74) is 7.75. The van der Waals surface area contributed by atoms with Gasteiger partial charge in [-0.15, -0.1) is 0 Å². The van der Waals surface area contributed by atoms with Gasteiger partial charge in [0, 0.05) is 5.39 Å². The zero-order valence-electron chi connectivity index (χ0n) is 9.14. The fourth-order valence-electron chi connectivity index (χ4n) is 1.26. The Hall–Kier alpha value is -2.23. The van der Waals surface area contributed by atoms with E-state index in [1.807, 2.05) is 37.8 Å². The number of hydrogen-bond acceptors (Lipinski definition) is 4. The second-order valence-electron chi connectivity index (χ2n) is 2.93. The van der Waals surface area contributed by atoms with Crippen LogP contribution in [0.3, 0.4) is 0 Å². The van der Waals surface area contributed by atoms with E-state index in [1.54, 1.807) is 0 Å². The van der Waals surface area contributed by atoms with Gasteiger partial charge in [-0.3, -0.25) is 0 Å². The SMILES string of the molecule is C=O.C=O.Cc1ccc2nc(N)ccc2c1. The summed E-state index contributed by atoms with van der Waals surface area (Å²) in [5, 5.41) is 1.14. The maximum absolute atomic E-state index is 8.00. The molecule has 0 amide bonds. The summed E-state index contributed by atoms with van der Waals surface area (Å²) in [4.78, 5) is 20.2. The van der Waals surface area contributed by atoms with Crippen LogP contribution in [0.4, 0.5) is 5.82 Å². The Morgan fingerprint density at radius 2 is 1.69 bits per heavy atom. The smallest absolute Gasteiger partial charge is 0.124 e. The first-order chi connectivity index (χ1) is 7.75. The van der Waals surface area contributed by atoms with Crippen LogP contribution in [0.2, 0.25) is 0 Å². The summed E-state index contributed by atoms with van der Waals surface area (Å²) in [6.45, 7) is 6.07. The minimum atomic E-state index is 0.575. The van der Waals surface area contributed by atoms with Crippen LogP contribution < -0.4 is 5.73 Å². The summed E-state index contributed by atoms with van der Waals surface area (Å²) in [6.07, 6.45) is 0. The molecular weight excluding hydrogens is 204 g/mol. The molecule has 0 aliphatic carbocycles. The molecule has 0 saturated heterocycles. The van der Waals surface area contributed by atoms with Crippen molar-refractivity contribution in [3.05, 3.63) is 35.9 Å². The van der Waals surface area contributed by atoms with Gasteiger partial charge in [0.15, 0.2) is 0 Å². The number of aryl methyl sites for hydroxylation is 1. The van der Waals surface area contributed by atoms with Crippen molar-refractivity contribution < 1.29 is 9.59 Å². The third-order valence-corrected chi connectivity index (χ3v) is 1.87. The number of hydrogen-bond donors (Lipinski definition) is 1. The first-order valence-electron chi connectivity index (χ1n) is 4.46. The van der Waals surface area contributed by atoms with Gasteiger partial charge in [-0.1, -0.05) is 11.6 Å². The molecule has 0 aliphatic heterocycles. The fourth-order valence-corrected chi connectivity index (χ4v) is 1.26. The van der Waals surface area contributed by atoms with Gasteiger partial charge in [-0.2, -0.15) is 0 Å². The number of carbonyl (C=O) groups is 2. The highest BCUT2D eigenvalue weighted by molar-refractivity contribution is 5.80. The molecule has 2 rings (SSSR count). The zero-order valence-corrected chi connectivity index (χ0v) is 9.14. The Morgan fingerprint density at radius 3 is 2.31 bits per heavy atom. The lowest BCUT2D eigenvalue weighted by Gasteiger charge is -1.98. The van der Waals surface area contributed by atoms with Gasteiger partial charge in [-0.25, -0.2) is 4.98 Å². The Kier molecular flexibility index (Phi) is 6.12. The first-order valence-corrected chi connectivity index (χ1v) is 4.46. The molecule has 0 aliphatic rings. The van der Waals surface area contributed by atoms with Crippen LogP contribution in [-0.4, -0.2) is 18.6 Å². The normalized spacial score (nSPS) is 8.31. The molecule has 84 valence electrons. The van der Waals surface area contributed by atoms with Crippen LogP contribution in [-0.2, 0) is 9.59 Å². The Bertz CT molecular complexity index is 414. The summed E-state index contributed by atoms with van der Waals surface area (Å²) in [7, 11) is 0. The summed E-state index contributed by atoms with van der Waals surface area (Å²) < 4.78 is 0. The van der Waals surface area contributed by atoms with Crippen LogP contribution in [0.15, 0.2) is 30.3 Å². The molecule has 0 unspecified atom stereocenters. The van der Waals surface area contributed by atoms with Crippen molar-refractivity contribution in [2.24, 2.45) is 0 Å². The topological polar surface area (TPSA) is 73.0 Å². The number of benzene rings is 1. The Morgan fingerprint density at radius 1 is 1.06 bits per heavy atom. The van der Waals surface area contributed by atoms with Gasteiger partial charge in [0.1, 0.15) is 19.4 Å². The Balaban J connectivity index is 0.000000509. The highest BCUT2D eigenvalue weighted by Gasteiger charge is 1.94. The fraction of sp³-hybridized carbons (Fsp3) is 0.0833. The third kappa shape index (κ3) is 3.49. The Labute approximate surface area is 94.1 Å². The number of anilines is 1. The average molecular weight is 218 g/mol. The van der Waals surface area contributed by atoms with Gasteiger partial charge in [0.05, 0.1) is 5.52 Å². The minimum absolute atomic E-state index is 0.575. The van der Waals surface area contributed by atoms with E-state index in [0.717, 1.165) is 10.9 Å². The molecule has 0 saturated carbocycles. The summed E-state index contributed by atoms with van der Waals surface area (Å²) in [5.74, 6) is 0.575. The molecule has 2 aromatic rings. The van der Waals surface area contributed by atoms with Crippen molar-refractivity contribution in [1.82, 2.24) is 4.98 Å². The van der Waals surface area contributed by atoms with Crippen molar-refractivity contribution in [2.45, 2.75) is 6.92 Å². The lowest BCUT2D eigenvalue weighted by Crippen LogP contribution is -1.89. The second kappa shape index (κ2) is 7.11. The summed E-state index contributed by atoms with van der Waals surface area (Å²) >= 11 is 0. The van der Waals surface area contributed by atoms with Crippen LogP contribution in [0.25, 0.3) is 10.9 Å². The van der Waals surface area contributed by atoms with E-state index in [-0.39, 0.29) is 0 Å². The average Bonchev–Trinajstić information content (AvgIpc) is 2.35.